The van der Waals surface area contributed by atoms with E-state index in [9.17, 15) is 4.79 Å². The Labute approximate surface area is 121 Å². The fraction of sp³-hybridized carbons (Fsp3) is 0.385. The SMILES string of the molecule is CC1(C(=O)Nc2ccccc2-n2cnnn2)COCC1N. The molecular formula is C13H16N6O2. The molecule has 0 bridgehead atoms. The maximum Gasteiger partial charge on any atom is 0.234 e. The van der Waals surface area contributed by atoms with Gasteiger partial charge >= 0.3 is 0 Å². The maximum atomic E-state index is 12.5. The first kappa shape index (κ1) is 13.7. The van der Waals surface area contributed by atoms with E-state index in [0.717, 1.165) is 0 Å². The first-order valence-electron chi connectivity index (χ1n) is 6.58. The summed E-state index contributed by atoms with van der Waals surface area (Å²) in [6, 6.07) is 6.96. The highest BCUT2D eigenvalue weighted by molar-refractivity contribution is 5.97. The first-order chi connectivity index (χ1) is 10.1. The van der Waals surface area contributed by atoms with Gasteiger partial charge in [-0.15, -0.1) is 5.10 Å². The Morgan fingerprint density at radius 3 is 3.00 bits per heavy atom. The summed E-state index contributed by atoms with van der Waals surface area (Å²) in [5.74, 6) is -0.173. The summed E-state index contributed by atoms with van der Waals surface area (Å²) in [6.45, 7) is 2.51. The van der Waals surface area contributed by atoms with Crippen LogP contribution in [-0.2, 0) is 9.53 Å². The van der Waals surface area contributed by atoms with Crippen molar-refractivity contribution in [2.75, 3.05) is 18.5 Å². The van der Waals surface area contributed by atoms with Crippen LogP contribution in [0.4, 0.5) is 5.69 Å². The normalized spacial score (nSPS) is 25.0. The van der Waals surface area contributed by atoms with Gasteiger partial charge in [0.05, 0.1) is 30.0 Å². The molecule has 0 radical (unpaired) electrons. The average Bonchev–Trinajstić information content (AvgIpc) is 3.11. The van der Waals surface area contributed by atoms with Crippen molar-refractivity contribution in [3.63, 3.8) is 0 Å². The van der Waals surface area contributed by atoms with Gasteiger partial charge < -0.3 is 15.8 Å². The van der Waals surface area contributed by atoms with E-state index in [0.29, 0.717) is 24.6 Å². The largest absolute Gasteiger partial charge is 0.379 e. The van der Waals surface area contributed by atoms with E-state index in [1.54, 1.807) is 13.0 Å². The maximum absolute atomic E-state index is 12.5. The van der Waals surface area contributed by atoms with Crippen LogP contribution < -0.4 is 11.1 Å². The number of para-hydroxylation sites is 2. The second-order valence-corrected chi connectivity index (χ2v) is 5.26. The van der Waals surface area contributed by atoms with Crippen molar-refractivity contribution < 1.29 is 9.53 Å². The summed E-state index contributed by atoms with van der Waals surface area (Å²) >= 11 is 0. The molecule has 1 aliphatic heterocycles. The minimum Gasteiger partial charge on any atom is -0.379 e. The van der Waals surface area contributed by atoms with E-state index < -0.39 is 5.41 Å². The third kappa shape index (κ3) is 2.39. The van der Waals surface area contributed by atoms with Crippen LogP contribution in [-0.4, -0.2) is 45.4 Å². The lowest BCUT2D eigenvalue weighted by Gasteiger charge is -2.25. The van der Waals surface area contributed by atoms with Crippen LogP contribution >= 0.6 is 0 Å². The van der Waals surface area contributed by atoms with Gasteiger partial charge in [-0.3, -0.25) is 4.79 Å². The van der Waals surface area contributed by atoms with Crippen LogP contribution in [0.1, 0.15) is 6.92 Å². The fourth-order valence-electron chi connectivity index (χ4n) is 2.24. The Kier molecular flexibility index (Phi) is 3.40. The van der Waals surface area contributed by atoms with Crippen LogP contribution in [0.2, 0.25) is 0 Å². The number of ether oxygens (including phenoxy) is 1. The van der Waals surface area contributed by atoms with Crippen LogP contribution in [0.15, 0.2) is 30.6 Å². The molecule has 1 aliphatic rings. The highest BCUT2D eigenvalue weighted by atomic mass is 16.5. The van der Waals surface area contributed by atoms with E-state index in [2.05, 4.69) is 20.8 Å². The molecule has 1 amide bonds. The number of amides is 1. The van der Waals surface area contributed by atoms with E-state index in [-0.39, 0.29) is 11.9 Å². The average molecular weight is 288 g/mol. The topological polar surface area (TPSA) is 108 Å². The van der Waals surface area contributed by atoms with Gasteiger partial charge in [0.25, 0.3) is 0 Å². The molecule has 8 heteroatoms. The minimum absolute atomic E-state index is 0.173. The van der Waals surface area contributed by atoms with Crippen LogP contribution in [0.25, 0.3) is 5.69 Å². The number of nitrogens with zero attached hydrogens (tertiary/aromatic N) is 4. The molecular weight excluding hydrogens is 272 g/mol. The fourth-order valence-corrected chi connectivity index (χ4v) is 2.24. The second-order valence-electron chi connectivity index (χ2n) is 5.26. The number of nitrogens with one attached hydrogen (secondary N) is 1. The van der Waals surface area contributed by atoms with E-state index in [1.165, 1.54) is 11.0 Å². The number of aromatic nitrogens is 4. The number of hydrogen-bond acceptors (Lipinski definition) is 6. The lowest BCUT2D eigenvalue weighted by molar-refractivity contribution is -0.125. The molecule has 1 fully saturated rings. The van der Waals surface area contributed by atoms with Crippen molar-refractivity contribution in [3.8, 4) is 5.69 Å². The minimum atomic E-state index is -0.742. The Morgan fingerprint density at radius 1 is 1.52 bits per heavy atom. The molecule has 2 heterocycles. The standard InChI is InChI=1S/C13H16N6O2/c1-13(7-21-6-11(13)14)12(20)16-9-4-2-3-5-10(9)19-8-15-17-18-19/h2-5,8,11H,6-7,14H2,1H3,(H,16,20). The number of tetrazole rings is 1. The van der Waals surface area contributed by atoms with Gasteiger partial charge in [0.1, 0.15) is 6.33 Å². The van der Waals surface area contributed by atoms with Crippen LogP contribution in [0.5, 0.6) is 0 Å². The molecule has 2 aromatic rings. The number of nitrogens with two attached hydrogens (primary N) is 1. The van der Waals surface area contributed by atoms with Crippen molar-refractivity contribution in [3.05, 3.63) is 30.6 Å². The molecule has 3 rings (SSSR count). The number of carbonyl (C=O) groups excluding carboxylic acids is 1. The molecule has 2 atom stereocenters. The smallest absolute Gasteiger partial charge is 0.234 e. The van der Waals surface area contributed by atoms with Crippen molar-refractivity contribution >= 4 is 11.6 Å². The van der Waals surface area contributed by atoms with Gasteiger partial charge in [-0.1, -0.05) is 12.1 Å². The van der Waals surface area contributed by atoms with Crippen molar-refractivity contribution in [1.29, 1.82) is 0 Å². The monoisotopic (exact) mass is 288 g/mol. The molecule has 0 aliphatic carbocycles. The van der Waals surface area contributed by atoms with E-state index >= 15 is 0 Å². The number of carbonyl (C=O) groups is 1. The highest BCUT2D eigenvalue weighted by Crippen LogP contribution is 2.29. The molecule has 1 aromatic carbocycles. The van der Waals surface area contributed by atoms with Gasteiger partial charge in [-0.25, -0.2) is 0 Å². The molecule has 1 saturated heterocycles. The first-order valence-corrected chi connectivity index (χ1v) is 6.58. The molecule has 0 saturated carbocycles. The van der Waals surface area contributed by atoms with Gasteiger partial charge in [-0.05, 0) is 29.5 Å². The summed E-state index contributed by atoms with van der Waals surface area (Å²) < 4.78 is 6.80. The third-order valence-electron chi connectivity index (χ3n) is 3.78. The zero-order chi connectivity index (χ0) is 14.9. The molecule has 110 valence electrons. The number of anilines is 1. The summed E-state index contributed by atoms with van der Waals surface area (Å²) in [6.07, 6.45) is 1.47. The van der Waals surface area contributed by atoms with Gasteiger partial charge in [-0.2, -0.15) is 4.68 Å². The summed E-state index contributed by atoms with van der Waals surface area (Å²) in [5.41, 5.74) is 6.54. The predicted octanol–water partition coefficient (Wildman–Crippen LogP) is -0.0354. The highest BCUT2D eigenvalue weighted by Gasteiger charge is 2.44. The number of hydrogen-bond donors (Lipinski definition) is 2. The van der Waals surface area contributed by atoms with Gasteiger partial charge in [0.2, 0.25) is 5.91 Å². The Bertz CT molecular complexity index is 644. The van der Waals surface area contributed by atoms with Gasteiger partial charge in [0, 0.05) is 6.04 Å². The van der Waals surface area contributed by atoms with Crippen LogP contribution in [0, 0.1) is 5.41 Å². The molecule has 3 N–H and O–H groups in total. The molecule has 8 nitrogen and oxygen atoms in total. The second kappa shape index (κ2) is 5.23. The predicted molar refractivity (Wildman–Crippen MR) is 74.7 cm³/mol. The zero-order valence-electron chi connectivity index (χ0n) is 11.6. The molecule has 2 unspecified atom stereocenters. The Hall–Kier alpha value is -2.32. The lowest BCUT2D eigenvalue weighted by Crippen LogP contribution is -2.47. The lowest BCUT2D eigenvalue weighted by atomic mass is 9.85. The Morgan fingerprint density at radius 2 is 2.33 bits per heavy atom. The van der Waals surface area contributed by atoms with E-state index in [4.69, 9.17) is 10.5 Å². The number of benzene rings is 1. The van der Waals surface area contributed by atoms with Crippen molar-refractivity contribution in [2.45, 2.75) is 13.0 Å². The summed E-state index contributed by atoms with van der Waals surface area (Å²) in [5, 5.41) is 13.9. The molecule has 1 aromatic heterocycles. The quantitative estimate of drug-likeness (QED) is 0.820. The summed E-state index contributed by atoms with van der Waals surface area (Å²) in [7, 11) is 0. The zero-order valence-corrected chi connectivity index (χ0v) is 11.6. The van der Waals surface area contributed by atoms with Gasteiger partial charge in [0.15, 0.2) is 0 Å². The van der Waals surface area contributed by atoms with Crippen LogP contribution in [0.3, 0.4) is 0 Å². The molecule has 0 spiro atoms. The van der Waals surface area contributed by atoms with Crippen molar-refractivity contribution in [1.82, 2.24) is 20.2 Å². The summed E-state index contributed by atoms with van der Waals surface area (Å²) in [4.78, 5) is 12.5. The molecule has 21 heavy (non-hydrogen) atoms. The third-order valence-corrected chi connectivity index (χ3v) is 3.78. The number of rotatable bonds is 3. The van der Waals surface area contributed by atoms with Crippen molar-refractivity contribution in [2.24, 2.45) is 11.1 Å². The van der Waals surface area contributed by atoms with E-state index in [1.807, 2.05) is 18.2 Å². The Balaban J connectivity index is 1.87.